The number of halogens is 1. The van der Waals surface area contributed by atoms with Gasteiger partial charge in [0, 0.05) is 17.0 Å². The lowest BCUT2D eigenvalue weighted by molar-refractivity contribution is -0.132. The summed E-state index contributed by atoms with van der Waals surface area (Å²) in [5.74, 6) is -0.799. The fourth-order valence-corrected chi connectivity index (χ4v) is 6.72. The Balaban J connectivity index is 1.44. The lowest BCUT2D eigenvalue weighted by atomic mass is 9.96. The monoisotopic (exact) mass is 603 g/mol. The first-order valence-electron chi connectivity index (χ1n) is 12.5. The van der Waals surface area contributed by atoms with Gasteiger partial charge in [-0.2, -0.15) is 0 Å². The van der Waals surface area contributed by atoms with Gasteiger partial charge in [0.1, 0.15) is 17.1 Å². The predicted octanol–water partition coefficient (Wildman–Crippen LogP) is 6.07. The highest BCUT2D eigenvalue weighted by Crippen LogP contribution is 2.45. The molecule has 0 bridgehead atoms. The number of ketones is 1. The van der Waals surface area contributed by atoms with Gasteiger partial charge >= 0.3 is 5.91 Å². The van der Waals surface area contributed by atoms with Crippen LogP contribution in [0.5, 0.6) is 5.75 Å². The van der Waals surface area contributed by atoms with Crippen molar-refractivity contribution >= 4 is 62.9 Å². The first kappa shape index (κ1) is 27.0. The first-order chi connectivity index (χ1) is 19.9. The van der Waals surface area contributed by atoms with Crippen LogP contribution in [0.4, 0.5) is 5.13 Å². The molecule has 12 heteroatoms. The van der Waals surface area contributed by atoms with Crippen LogP contribution in [0.3, 0.4) is 0 Å². The number of pyridine rings is 1. The van der Waals surface area contributed by atoms with E-state index in [0.29, 0.717) is 43.5 Å². The number of aliphatic hydroxyl groups is 1. The Bertz CT molecular complexity index is 1830. The van der Waals surface area contributed by atoms with Crippen molar-refractivity contribution in [3.05, 3.63) is 106 Å². The number of methoxy groups -OCH3 is 1. The zero-order chi connectivity index (χ0) is 28.7. The normalized spacial score (nSPS) is 16.6. The van der Waals surface area contributed by atoms with E-state index in [1.165, 1.54) is 35.1 Å². The van der Waals surface area contributed by atoms with Gasteiger partial charge in [0.05, 0.1) is 24.4 Å². The number of amides is 1. The maximum absolute atomic E-state index is 13.6. The number of aliphatic hydroxyl groups excluding tert-OH is 1. The van der Waals surface area contributed by atoms with Crippen molar-refractivity contribution in [1.82, 2.24) is 19.6 Å². The average Bonchev–Trinajstić information content (AvgIpc) is 3.66. The minimum absolute atomic E-state index is 0.0671. The number of carbonyl (C=O) groups excluding carboxylic acids is 2. The summed E-state index contributed by atoms with van der Waals surface area (Å²) in [6.07, 6.45) is 1.75. The smallest absolute Gasteiger partial charge is 0.301 e. The molecule has 5 aromatic rings. The number of hydrogen-bond donors (Lipinski definition) is 1. The topological polar surface area (TPSA) is 110 Å². The molecule has 41 heavy (non-hydrogen) atoms. The van der Waals surface area contributed by atoms with Gasteiger partial charge in [-0.1, -0.05) is 65.0 Å². The highest BCUT2D eigenvalue weighted by molar-refractivity contribution is 8.00. The summed E-state index contributed by atoms with van der Waals surface area (Å²) in [6, 6.07) is 19.0. The zero-order valence-corrected chi connectivity index (χ0v) is 24.2. The zero-order valence-electron chi connectivity index (χ0n) is 21.8. The fourth-order valence-electron chi connectivity index (χ4n) is 4.77. The lowest BCUT2D eigenvalue weighted by Crippen LogP contribution is -2.29. The Morgan fingerprint density at radius 3 is 2.68 bits per heavy atom. The molecule has 0 radical (unpaired) electrons. The highest BCUT2D eigenvalue weighted by Gasteiger charge is 2.49. The largest absolute Gasteiger partial charge is 0.505 e. The van der Waals surface area contributed by atoms with Gasteiger partial charge in [-0.05, 0) is 54.4 Å². The second-order valence-electron chi connectivity index (χ2n) is 9.19. The van der Waals surface area contributed by atoms with Crippen LogP contribution < -0.4 is 9.64 Å². The van der Waals surface area contributed by atoms with Crippen LogP contribution in [0.2, 0.25) is 5.02 Å². The quantitative estimate of drug-likeness (QED) is 0.0784. The van der Waals surface area contributed by atoms with Crippen molar-refractivity contribution in [3.8, 4) is 5.75 Å². The van der Waals surface area contributed by atoms with E-state index >= 15 is 0 Å². The van der Waals surface area contributed by atoms with Crippen LogP contribution in [-0.4, -0.2) is 43.5 Å². The molecule has 0 aliphatic carbocycles. The molecule has 1 N–H and O–H groups in total. The molecule has 1 fully saturated rings. The molecular formula is C29H22ClN5O4S2. The maximum atomic E-state index is 13.6. The van der Waals surface area contributed by atoms with E-state index in [1.54, 1.807) is 53.9 Å². The standard InChI is InChI=1S/C29H22ClN5O4S2/c1-16-23(34-13-4-3-8-21(34)31-16)25(36)22-24(18-6-5-7-20(14-18)39-2)35(27(38)26(22)37)28-32-33-29(41-28)40-15-17-9-11-19(30)12-10-17/h3-14,24,36H,15H2,1-2H3. The number of aryl methyl sites for hydroxylation is 1. The molecule has 1 atom stereocenters. The summed E-state index contributed by atoms with van der Waals surface area (Å²) < 4.78 is 7.74. The molecule has 1 amide bonds. The van der Waals surface area contributed by atoms with E-state index in [9.17, 15) is 14.7 Å². The Morgan fingerprint density at radius 2 is 1.90 bits per heavy atom. The van der Waals surface area contributed by atoms with E-state index in [2.05, 4.69) is 15.2 Å². The number of Topliss-reactive ketones (excluding diaryl/α,β-unsaturated/α-hetero) is 1. The summed E-state index contributed by atoms with van der Waals surface area (Å²) in [7, 11) is 1.53. The number of fused-ring (bicyclic) bond motifs is 1. The van der Waals surface area contributed by atoms with Gasteiger partial charge in [0.25, 0.3) is 5.78 Å². The average molecular weight is 604 g/mol. The van der Waals surface area contributed by atoms with E-state index in [4.69, 9.17) is 16.3 Å². The Labute approximate surface area is 248 Å². The van der Waals surface area contributed by atoms with Gasteiger partial charge in [-0.3, -0.25) is 18.9 Å². The fraction of sp³-hybridized carbons (Fsp3) is 0.138. The van der Waals surface area contributed by atoms with Gasteiger partial charge in [0.2, 0.25) is 5.13 Å². The molecule has 0 saturated carbocycles. The van der Waals surface area contributed by atoms with E-state index in [-0.39, 0.29) is 16.5 Å². The number of carbonyl (C=O) groups is 2. The number of imidazole rings is 1. The molecule has 9 nitrogen and oxygen atoms in total. The molecule has 1 saturated heterocycles. The molecule has 2 aromatic carbocycles. The van der Waals surface area contributed by atoms with E-state index in [1.807, 2.05) is 30.3 Å². The Kier molecular flexibility index (Phi) is 7.24. The maximum Gasteiger partial charge on any atom is 0.301 e. The number of thioether (sulfide) groups is 1. The molecule has 0 spiro atoms. The second-order valence-corrected chi connectivity index (χ2v) is 11.8. The third-order valence-corrected chi connectivity index (χ3v) is 9.04. The van der Waals surface area contributed by atoms with Crippen molar-refractivity contribution in [2.24, 2.45) is 0 Å². The van der Waals surface area contributed by atoms with Crippen molar-refractivity contribution in [2.45, 2.75) is 23.1 Å². The van der Waals surface area contributed by atoms with Crippen molar-refractivity contribution in [2.75, 3.05) is 12.0 Å². The highest BCUT2D eigenvalue weighted by atomic mass is 35.5. The Morgan fingerprint density at radius 1 is 1.10 bits per heavy atom. The van der Waals surface area contributed by atoms with Crippen LogP contribution in [0.15, 0.2) is 82.8 Å². The minimum atomic E-state index is -0.971. The summed E-state index contributed by atoms with van der Waals surface area (Å²) in [4.78, 5) is 33.0. The van der Waals surface area contributed by atoms with Crippen molar-refractivity contribution < 1.29 is 19.4 Å². The van der Waals surface area contributed by atoms with Gasteiger partial charge in [-0.25, -0.2) is 4.98 Å². The molecule has 1 unspecified atom stereocenters. The number of nitrogens with zero attached hydrogens (tertiary/aromatic N) is 5. The Hall–Kier alpha value is -4.19. The third kappa shape index (κ3) is 4.96. The number of ether oxygens (including phenoxy) is 1. The number of hydrogen-bond acceptors (Lipinski definition) is 9. The first-order valence-corrected chi connectivity index (χ1v) is 14.6. The lowest BCUT2D eigenvalue weighted by Gasteiger charge is -2.22. The molecule has 1 aliphatic heterocycles. The van der Waals surface area contributed by atoms with Gasteiger partial charge in [-0.15, -0.1) is 10.2 Å². The molecule has 3 aromatic heterocycles. The number of benzene rings is 2. The third-order valence-electron chi connectivity index (χ3n) is 6.66. The minimum Gasteiger partial charge on any atom is -0.505 e. The molecule has 1 aliphatic rings. The summed E-state index contributed by atoms with van der Waals surface area (Å²) in [6.45, 7) is 1.74. The van der Waals surface area contributed by atoms with Crippen LogP contribution in [0, 0.1) is 6.92 Å². The molecule has 206 valence electrons. The summed E-state index contributed by atoms with van der Waals surface area (Å²) in [5.41, 5.74) is 3.01. The predicted molar refractivity (Wildman–Crippen MR) is 159 cm³/mol. The van der Waals surface area contributed by atoms with Crippen LogP contribution in [0.1, 0.15) is 28.6 Å². The van der Waals surface area contributed by atoms with E-state index in [0.717, 1.165) is 5.56 Å². The molecular weight excluding hydrogens is 582 g/mol. The van der Waals surface area contributed by atoms with Gasteiger partial charge < -0.3 is 9.84 Å². The van der Waals surface area contributed by atoms with Crippen LogP contribution >= 0.6 is 34.7 Å². The number of aromatic nitrogens is 4. The number of anilines is 1. The molecule has 4 heterocycles. The van der Waals surface area contributed by atoms with Crippen molar-refractivity contribution in [1.29, 1.82) is 0 Å². The number of rotatable bonds is 7. The van der Waals surface area contributed by atoms with Crippen LogP contribution in [0.25, 0.3) is 11.4 Å². The second kappa shape index (κ2) is 11.0. The SMILES string of the molecule is COc1cccc(C2C(=C(O)c3c(C)nc4ccccn34)C(=O)C(=O)N2c2nnc(SCc3ccc(Cl)cc3)s2)c1. The summed E-state index contributed by atoms with van der Waals surface area (Å²) >= 11 is 8.65. The van der Waals surface area contributed by atoms with Crippen LogP contribution in [-0.2, 0) is 15.3 Å². The summed E-state index contributed by atoms with van der Waals surface area (Å²) in [5, 5.41) is 21.1. The van der Waals surface area contributed by atoms with Crippen molar-refractivity contribution in [3.63, 3.8) is 0 Å². The van der Waals surface area contributed by atoms with E-state index < -0.39 is 17.7 Å². The molecule has 6 rings (SSSR count). The van der Waals surface area contributed by atoms with Gasteiger partial charge in [0.15, 0.2) is 10.1 Å².